The molecule has 0 fully saturated rings. The van der Waals surface area contributed by atoms with Gasteiger partial charge in [-0.05, 0) is 53.3 Å². The minimum Gasteiger partial charge on any atom is -0.363 e. The summed E-state index contributed by atoms with van der Waals surface area (Å²) in [6, 6.07) is 4.96. The van der Waals surface area contributed by atoms with Gasteiger partial charge < -0.3 is 5.32 Å². The quantitative estimate of drug-likeness (QED) is 0.681. The van der Waals surface area contributed by atoms with Gasteiger partial charge in [0, 0.05) is 12.3 Å². The van der Waals surface area contributed by atoms with Gasteiger partial charge in [0.15, 0.2) is 5.65 Å². The van der Waals surface area contributed by atoms with Crippen LogP contribution in [-0.4, -0.2) is 14.6 Å². The van der Waals surface area contributed by atoms with Crippen LogP contribution in [0.25, 0.3) is 5.65 Å². The highest BCUT2D eigenvalue weighted by molar-refractivity contribution is 14.1. The zero-order chi connectivity index (χ0) is 15.0. The summed E-state index contributed by atoms with van der Waals surface area (Å²) in [5.41, 5.74) is 1.26. The zero-order valence-corrected chi connectivity index (χ0v) is 13.2. The minimum absolute atomic E-state index is 0.272. The molecule has 0 saturated heterocycles. The number of aromatic nitrogens is 3. The van der Waals surface area contributed by atoms with Gasteiger partial charge in [0.2, 0.25) is 0 Å². The van der Waals surface area contributed by atoms with Crippen LogP contribution in [0.15, 0.2) is 36.7 Å². The van der Waals surface area contributed by atoms with E-state index in [1.807, 2.05) is 6.92 Å². The number of benzene rings is 1. The number of nitrogens with zero attached hydrogens (tertiary/aromatic N) is 3. The standard InChI is InChI=1S/C14H11F2IN4/c1-8(9-4-10(15)6-11(16)5-9)19-13-2-3-21-14(20-13)12(17)7-18-21/h2-8H,1H3,(H,19,20). The molecule has 7 heteroatoms. The maximum absolute atomic E-state index is 13.3. The van der Waals surface area contributed by atoms with E-state index < -0.39 is 11.6 Å². The van der Waals surface area contributed by atoms with Crippen molar-refractivity contribution in [3.63, 3.8) is 0 Å². The van der Waals surface area contributed by atoms with E-state index in [0.717, 1.165) is 15.3 Å². The van der Waals surface area contributed by atoms with Crippen molar-refractivity contribution < 1.29 is 8.78 Å². The summed E-state index contributed by atoms with van der Waals surface area (Å²) < 4.78 is 29.1. The van der Waals surface area contributed by atoms with Crippen molar-refractivity contribution in [1.82, 2.24) is 14.6 Å². The number of hydrogen-bond donors (Lipinski definition) is 1. The minimum atomic E-state index is -0.590. The van der Waals surface area contributed by atoms with E-state index in [1.165, 1.54) is 12.1 Å². The van der Waals surface area contributed by atoms with Gasteiger partial charge in [-0.3, -0.25) is 0 Å². The van der Waals surface area contributed by atoms with Crippen LogP contribution in [-0.2, 0) is 0 Å². The van der Waals surface area contributed by atoms with E-state index in [-0.39, 0.29) is 6.04 Å². The van der Waals surface area contributed by atoms with Crippen LogP contribution in [0.2, 0.25) is 0 Å². The maximum atomic E-state index is 13.3. The normalized spacial score (nSPS) is 12.6. The Morgan fingerprint density at radius 3 is 2.67 bits per heavy atom. The topological polar surface area (TPSA) is 42.2 Å². The fourth-order valence-electron chi connectivity index (χ4n) is 2.05. The first kappa shape index (κ1) is 14.2. The predicted molar refractivity (Wildman–Crippen MR) is 84.1 cm³/mol. The van der Waals surface area contributed by atoms with Crippen LogP contribution in [0, 0.1) is 15.2 Å². The Hall–Kier alpha value is -1.77. The van der Waals surface area contributed by atoms with Crippen LogP contribution < -0.4 is 5.32 Å². The average Bonchev–Trinajstić information content (AvgIpc) is 2.79. The number of rotatable bonds is 3. The monoisotopic (exact) mass is 400 g/mol. The van der Waals surface area contributed by atoms with E-state index >= 15 is 0 Å². The SMILES string of the molecule is CC(Nc1ccn2ncc(I)c2n1)c1cc(F)cc(F)c1. The molecule has 4 nitrogen and oxygen atoms in total. The van der Waals surface area contributed by atoms with Gasteiger partial charge in [-0.25, -0.2) is 18.3 Å². The van der Waals surface area contributed by atoms with Gasteiger partial charge >= 0.3 is 0 Å². The first-order chi connectivity index (χ1) is 10.0. The predicted octanol–water partition coefficient (Wildman–Crippen LogP) is 3.79. The van der Waals surface area contributed by atoms with Crippen molar-refractivity contribution in [3.8, 4) is 0 Å². The third-order valence-electron chi connectivity index (χ3n) is 3.08. The molecule has 2 heterocycles. The summed E-state index contributed by atoms with van der Waals surface area (Å²) in [5, 5.41) is 7.27. The molecule has 1 unspecified atom stereocenters. The lowest BCUT2D eigenvalue weighted by Crippen LogP contribution is -2.09. The molecule has 0 radical (unpaired) electrons. The summed E-state index contributed by atoms with van der Waals surface area (Å²) >= 11 is 2.15. The highest BCUT2D eigenvalue weighted by Crippen LogP contribution is 2.21. The number of fused-ring (bicyclic) bond motifs is 1. The fourth-order valence-corrected chi connectivity index (χ4v) is 2.54. The Morgan fingerprint density at radius 2 is 1.95 bits per heavy atom. The maximum Gasteiger partial charge on any atom is 0.170 e. The lowest BCUT2D eigenvalue weighted by molar-refractivity contribution is 0.577. The second kappa shape index (κ2) is 5.55. The van der Waals surface area contributed by atoms with Crippen LogP contribution in [0.4, 0.5) is 14.6 Å². The molecule has 3 aromatic rings. The zero-order valence-electron chi connectivity index (χ0n) is 11.0. The van der Waals surface area contributed by atoms with Gasteiger partial charge in [0.1, 0.15) is 17.5 Å². The van der Waals surface area contributed by atoms with Crippen molar-refractivity contribution in [2.24, 2.45) is 0 Å². The van der Waals surface area contributed by atoms with Gasteiger partial charge in [-0.2, -0.15) is 5.10 Å². The number of anilines is 1. The molecule has 1 aromatic carbocycles. The first-order valence-corrected chi connectivity index (χ1v) is 7.33. The first-order valence-electron chi connectivity index (χ1n) is 6.25. The lowest BCUT2D eigenvalue weighted by Gasteiger charge is -2.15. The van der Waals surface area contributed by atoms with Gasteiger partial charge in [0.05, 0.1) is 15.8 Å². The number of halogens is 3. The molecular weight excluding hydrogens is 389 g/mol. The molecule has 3 rings (SSSR count). The second-order valence-corrected chi connectivity index (χ2v) is 5.80. The van der Waals surface area contributed by atoms with E-state index in [2.05, 4.69) is 38.0 Å². The Bertz CT molecular complexity index is 783. The second-order valence-electron chi connectivity index (χ2n) is 4.64. The molecule has 21 heavy (non-hydrogen) atoms. The molecule has 0 bridgehead atoms. The molecule has 108 valence electrons. The molecule has 0 aliphatic carbocycles. The molecule has 0 spiro atoms. The summed E-state index contributed by atoms with van der Waals surface area (Å²) in [4.78, 5) is 4.44. The van der Waals surface area contributed by atoms with Crippen LogP contribution in [0.1, 0.15) is 18.5 Å². The van der Waals surface area contributed by atoms with E-state index in [4.69, 9.17) is 0 Å². The Labute approximate surface area is 133 Å². The smallest absolute Gasteiger partial charge is 0.170 e. The van der Waals surface area contributed by atoms with Crippen molar-refractivity contribution in [3.05, 3.63) is 57.4 Å². The van der Waals surface area contributed by atoms with Crippen molar-refractivity contribution >= 4 is 34.1 Å². The highest BCUT2D eigenvalue weighted by atomic mass is 127. The lowest BCUT2D eigenvalue weighted by atomic mass is 10.1. The molecule has 0 saturated carbocycles. The van der Waals surface area contributed by atoms with Gasteiger partial charge in [-0.15, -0.1) is 0 Å². The molecule has 1 N–H and O–H groups in total. The molecule has 0 aliphatic rings. The number of nitrogens with one attached hydrogen (secondary N) is 1. The molecule has 0 amide bonds. The summed E-state index contributed by atoms with van der Waals surface area (Å²) in [7, 11) is 0. The van der Waals surface area contributed by atoms with Crippen LogP contribution in [0.5, 0.6) is 0 Å². The Balaban J connectivity index is 1.88. The molecule has 0 aliphatic heterocycles. The van der Waals surface area contributed by atoms with E-state index in [1.54, 1.807) is 23.0 Å². The largest absolute Gasteiger partial charge is 0.363 e. The van der Waals surface area contributed by atoms with E-state index in [9.17, 15) is 8.78 Å². The van der Waals surface area contributed by atoms with Gasteiger partial charge in [-0.1, -0.05) is 0 Å². The number of hydrogen-bond acceptors (Lipinski definition) is 3. The average molecular weight is 400 g/mol. The van der Waals surface area contributed by atoms with Crippen LogP contribution >= 0.6 is 22.6 Å². The van der Waals surface area contributed by atoms with Gasteiger partial charge in [0.25, 0.3) is 0 Å². The Morgan fingerprint density at radius 1 is 1.24 bits per heavy atom. The molecule has 2 aromatic heterocycles. The third kappa shape index (κ3) is 2.97. The molecule has 1 atom stereocenters. The van der Waals surface area contributed by atoms with E-state index in [0.29, 0.717) is 11.4 Å². The van der Waals surface area contributed by atoms with Crippen molar-refractivity contribution in [1.29, 1.82) is 0 Å². The highest BCUT2D eigenvalue weighted by Gasteiger charge is 2.10. The molecular formula is C14H11F2IN4. The fraction of sp³-hybridized carbons (Fsp3) is 0.143. The summed E-state index contributed by atoms with van der Waals surface area (Å²) in [6.07, 6.45) is 3.50. The van der Waals surface area contributed by atoms with Crippen molar-refractivity contribution in [2.75, 3.05) is 5.32 Å². The summed E-state index contributed by atoms with van der Waals surface area (Å²) in [5.74, 6) is -0.558. The van der Waals surface area contributed by atoms with Crippen LogP contribution in [0.3, 0.4) is 0 Å². The third-order valence-corrected chi connectivity index (χ3v) is 3.84. The summed E-state index contributed by atoms with van der Waals surface area (Å²) in [6.45, 7) is 1.82. The van der Waals surface area contributed by atoms with Crippen molar-refractivity contribution in [2.45, 2.75) is 13.0 Å². The Kier molecular flexibility index (Phi) is 3.75.